The Hall–Kier alpha value is -3.50. The average Bonchev–Trinajstić information content (AvgIpc) is 3.28. The van der Waals surface area contributed by atoms with Crippen LogP contribution in [0.1, 0.15) is 41.3 Å². The predicted octanol–water partition coefficient (Wildman–Crippen LogP) is 1.42. The van der Waals surface area contributed by atoms with Gasteiger partial charge in [0.15, 0.2) is 12.0 Å². The number of para-hydroxylation sites is 1. The summed E-state index contributed by atoms with van der Waals surface area (Å²) < 4.78 is 5.70. The molecule has 2 heterocycles. The van der Waals surface area contributed by atoms with Crippen molar-refractivity contribution in [2.45, 2.75) is 32.5 Å². The number of likely N-dealkylation sites (N-methyl/N-ethyl adjacent to an activating group) is 1. The van der Waals surface area contributed by atoms with Crippen molar-refractivity contribution < 1.29 is 24.2 Å². The number of anilines is 1. The number of aliphatic hydroxyl groups is 1. The van der Waals surface area contributed by atoms with Gasteiger partial charge in [-0.25, -0.2) is 5.84 Å². The first-order valence-electron chi connectivity index (χ1n) is 10.2. The van der Waals surface area contributed by atoms with Crippen molar-refractivity contribution >= 4 is 17.5 Å². The van der Waals surface area contributed by atoms with Crippen LogP contribution in [-0.2, 0) is 4.79 Å². The highest BCUT2D eigenvalue weighted by Gasteiger charge is 2.40. The number of aliphatic hydroxyl groups excluding tert-OH is 1. The fraction of sp³-hybridized carbons (Fsp3) is 0.364. The van der Waals surface area contributed by atoms with Gasteiger partial charge in [-0.15, -0.1) is 0 Å². The molecule has 2 aromatic rings. The molecule has 0 fully saturated rings. The lowest BCUT2D eigenvalue weighted by molar-refractivity contribution is -0.130. The standard InChI is InChI=1S/C22H29N5O5/c1-6-14(16-11-10-12(2)32-16)24-17-18(22(31)26(5)21(17)30)27(23)15-9-7-8-13(19(15)28)20(29)25(3)4/h7-11,14,22,24,28,31H,6,23H2,1-5H3/t14-,22?/m0/s1. The number of rotatable bonds is 7. The molecule has 1 unspecified atom stereocenters. The number of aryl methyl sites for hydroxylation is 1. The van der Waals surface area contributed by atoms with Crippen LogP contribution in [0.15, 0.2) is 46.1 Å². The second kappa shape index (κ2) is 8.93. The van der Waals surface area contributed by atoms with E-state index in [4.69, 9.17) is 10.3 Å². The van der Waals surface area contributed by atoms with E-state index in [1.165, 1.54) is 24.1 Å². The van der Waals surface area contributed by atoms with Crippen LogP contribution in [0.2, 0.25) is 0 Å². The van der Waals surface area contributed by atoms with Gasteiger partial charge in [0.25, 0.3) is 11.8 Å². The van der Waals surface area contributed by atoms with E-state index in [1.54, 1.807) is 20.2 Å². The van der Waals surface area contributed by atoms with Gasteiger partial charge < -0.3 is 29.7 Å². The van der Waals surface area contributed by atoms with Gasteiger partial charge in [0, 0.05) is 21.1 Å². The number of aromatic hydroxyl groups is 1. The maximum absolute atomic E-state index is 12.9. The van der Waals surface area contributed by atoms with Crippen LogP contribution in [0.5, 0.6) is 5.75 Å². The second-order valence-electron chi connectivity index (χ2n) is 7.85. The number of nitrogens with two attached hydrogens (primary N) is 1. The molecular formula is C22H29N5O5. The molecule has 0 aliphatic carbocycles. The zero-order chi connectivity index (χ0) is 23.7. The van der Waals surface area contributed by atoms with Crippen LogP contribution in [0.25, 0.3) is 0 Å². The summed E-state index contributed by atoms with van der Waals surface area (Å²) in [4.78, 5) is 27.8. The van der Waals surface area contributed by atoms with E-state index >= 15 is 0 Å². The molecule has 32 heavy (non-hydrogen) atoms. The Labute approximate surface area is 186 Å². The lowest BCUT2D eigenvalue weighted by atomic mass is 10.1. The van der Waals surface area contributed by atoms with E-state index in [1.807, 2.05) is 26.0 Å². The van der Waals surface area contributed by atoms with Gasteiger partial charge in [-0.3, -0.25) is 14.6 Å². The summed E-state index contributed by atoms with van der Waals surface area (Å²) >= 11 is 0. The number of carbonyl (C=O) groups is 2. The maximum atomic E-state index is 12.9. The van der Waals surface area contributed by atoms with Crippen LogP contribution in [0.3, 0.4) is 0 Å². The first kappa shape index (κ1) is 23.2. The van der Waals surface area contributed by atoms with Crippen LogP contribution >= 0.6 is 0 Å². The number of hydrazine groups is 1. The molecule has 172 valence electrons. The van der Waals surface area contributed by atoms with Crippen molar-refractivity contribution in [3.63, 3.8) is 0 Å². The molecule has 0 saturated carbocycles. The van der Waals surface area contributed by atoms with Crippen molar-refractivity contribution in [3.8, 4) is 5.75 Å². The Morgan fingerprint density at radius 1 is 1.31 bits per heavy atom. The molecule has 5 N–H and O–H groups in total. The molecule has 1 aliphatic heterocycles. The molecule has 0 radical (unpaired) electrons. The third-order valence-electron chi connectivity index (χ3n) is 5.40. The number of phenolic OH excluding ortho intramolecular Hbond substituents is 1. The molecule has 0 spiro atoms. The summed E-state index contributed by atoms with van der Waals surface area (Å²) in [5, 5.41) is 25.7. The highest BCUT2D eigenvalue weighted by molar-refractivity contribution is 6.00. The molecule has 2 atom stereocenters. The number of hydrogen-bond donors (Lipinski definition) is 4. The molecule has 10 heteroatoms. The van der Waals surface area contributed by atoms with E-state index in [-0.39, 0.29) is 34.4 Å². The molecule has 1 aromatic carbocycles. The minimum absolute atomic E-state index is 0.0442. The highest BCUT2D eigenvalue weighted by atomic mass is 16.3. The second-order valence-corrected chi connectivity index (χ2v) is 7.85. The van der Waals surface area contributed by atoms with Gasteiger partial charge >= 0.3 is 0 Å². The van der Waals surface area contributed by atoms with Gasteiger partial charge in [0.1, 0.15) is 22.9 Å². The number of furan rings is 1. The van der Waals surface area contributed by atoms with E-state index in [0.29, 0.717) is 12.2 Å². The zero-order valence-corrected chi connectivity index (χ0v) is 18.8. The number of nitrogens with one attached hydrogen (secondary N) is 1. The summed E-state index contributed by atoms with van der Waals surface area (Å²) in [6, 6.07) is 7.82. The van der Waals surface area contributed by atoms with Crippen molar-refractivity contribution in [2.24, 2.45) is 5.84 Å². The number of hydrogen-bond acceptors (Lipinski definition) is 8. The Balaban J connectivity index is 2.06. The summed E-state index contributed by atoms with van der Waals surface area (Å²) in [5.74, 6) is 6.43. The van der Waals surface area contributed by atoms with Crippen molar-refractivity contribution in [3.05, 3.63) is 58.8 Å². The molecular weight excluding hydrogens is 414 g/mol. The van der Waals surface area contributed by atoms with Crippen LogP contribution in [-0.4, -0.2) is 59.2 Å². The highest BCUT2D eigenvalue weighted by Crippen LogP contribution is 2.36. The van der Waals surface area contributed by atoms with Gasteiger partial charge in [-0.1, -0.05) is 13.0 Å². The molecule has 1 aliphatic rings. The number of nitrogens with zero attached hydrogens (tertiary/aromatic N) is 3. The van der Waals surface area contributed by atoms with Crippen LogP contribution in [0, 0.1) is 6.92 Å². The molecule has 0 saturated heterocycles. The molecule has 1 aromatic heterocycles. The first-order chi connectivity index (χ1) is 15.1. The summed E-state index contributed by atoms with van der Waals surface area (Å²) in [5.41, 5.74) is 0.231. The maximum Gasteiger partial charge on any atom is 0.274 e. The summed E-state index contributed by atoms with van der Waals surface area (Å²) in [6.45, 7) is 3.75. The van der Waals surface area contributed by atoms with Crippen molar-refractivity contribution in [2.75, 3.05) is 26.2 Å². The largest absolute Gasteiger partial charge is 0.505 e. The number of amides is 2. The fourth-order valence-corrected chi connectivity index (χ4v) is 3.55. The molecule has 10 nitrogen and oxygen atoms in total. The van der Waals surface area contributed by atoms with Crippen LogP contribution in [0.4, 0.5) is 5.69 Å². The number of carbonyl (C=O) groups excluding carboxylic acids is 2. The van der Waals surface area contributed by atoms with E-state index in [2.05, 4.69) is 5.32 Å². The van der Waals surface area contributed by atoms with Crippen molar-refractivity contribution in [1.82, 2.24) is 15.1 Å². The van der Waals surface area contributed by atoms with Gasteiger partial charge in [0.05, 0.1) is 17.3 Å². The SMILES string of the molecule is CC[C@H](NC1=C(N(N)c2cccc(C(=O)N(C)C)c2O)C(O)N(C)C1=O)c1ccc(C)o1. The topological polar surface area (TPSA) is 136 Å². The van der Waals surface area contributed by atoms with Gasteiger partial charge in [0.2, 0.25) is 0 Å². The normalized spacial score (nSPS) is 17.0. The van der Waals surface area contributed by atoms with Gasteiger partial charge in [-0.05, 0) is 37.6 Å². The van der Waals surface area contributed by atoms with Crippen molar-refractivity contribution in [1.29, 1.82) is 0 Å². The monoisotopic (exact) mass is 443 g/mol. The number of benzene rings is 1. The third kappa shape index (κ3) is 4.02. The molecule has 0 bridgehead atoms. The Kier molecular flexibility index (Phi) is 6.47. The van der Waals surface area contributed by atoms with E-state index in [0.717, 1.165) is 15.7 Å². The first-order valence-corrected chi connectivity index (χ1v) is 10.2. The fourth-order valence-electron chi connectivity index (χ4n) is 3.55. The Morgan fingerprint density at radius 2 is 2.00 bits per heavy atom. The molecule has 2 amide bonds. The quantitative estimate of drug-likeness (QED) is 0.373. The smallest absolute Gasteiger partial charge is 0.274 e. The molecule has 3 rings (SSSR count). The average molecular weight is 444 g/mol. The Morgan fingerprint density at radius 3 is 2.56 bits per heavy atom. The Bertz CT molecular complexity index is 1060. The zero-order valence-electron chi connectivity index (χ0n) is 18.8. The lowest BCUT2D eigenvalue weighted by Crippen LogP contribution is -2.40. The minimum Gasteiger partial charge on any atom is -0.505 e. The van der Waals surface area contributed by atoms with Crippen LogP contribution < -0.4 is 16.2 Å². The van der Waals surface area contributed by atoms with E-state index in [9.17, 15) is 19.8 Å². The third-order valence-corrected chi connectivity index (χ3v) is 5.40. The lowest BCUT2D eigenvalue weighted by Gasteiger charge is -2.26. The van der Waals surface area contributed by atoms with Gasteiger partial charge in [-0.2, -0.15) is 0 Å². The summed E-state index contributed by atoms with van der Waals surface area (Å²) in [7, 11) is 4.57. The summed E-state index contributed by atoms with van der Waals surface area (Å²) in [6.07, 6.45) is -0.766. The number of phenols is 1. The van der Waals surface area contributed by atoms with E-state index < -0.39 is 18.0 Å². The minimum atomic E-state index is -1.36. The predicted molar refractivity (Wildman–Crippen MR) is 118 cm³/mol.